The van der Waals surface area contributed by atoms with Crippen molar-refractivity contribution in [3.63, 3.8) is 0 Å². The van der Waals surface area contributed by atoms with Crippen molar-refractivity contribution in [3.8, 4) is 0 Å². The van der Waals surface area contributed by atoms with Crippen LogP contribution in [0.3, 0.4) is 0 Å². The van der Waals surface area contributed by atoms with Crippen LogP contribution in [0.5, 0.6) is 0 Å². The minimum atomic E-state index is -3.56. The highest BCUT2D eigenvalue weighted by atomic mass is 35.5. The van der Waals surface area contributed by atoms with Gasteiger partial charge in [0.1, 0.15) is 0 Å². The number of amides is 1. The van der Waals surface area contributed by atoms with Gasteiger partial charge in [-0.1, -0.05) is 24.4 Å². The predicted octanol–water partition coefficient (Wildman–Crippen LogP) is 2.25. The van der Waals surface area contributed by atoms with E-state index in [1.54, 1.807) is 12.1 Å². The van der Waals surface area contributed by atoms with E-state index in [0.717, 1.165) is 19.3 Å². The summed E-state index contributed by atoms with van der Waals surface area (Å²) in [6, 6.07) is 6.28. The van der Waals surface area contributed by atoms with Crippen LogP contribution >= 0.6 is 11.6 Å². The van der Waals surface area contributed by atoms with Gasteiger partial charge in [0.15, 0.2) is 0 Å². The smallest absolute Gasteiger partial charge is 0.240 e. The first-order valence-electron chi connectivity index (χ1n) is 10.8. The van der Waals surface area contributed by atoms with E-state index in [-0.39, 0.29) is 29.0 Å². The lowest BCUT2D eigenvalue weighted by atomic mass is 9.90. The highest BCUT2D eigenvalue weighted by Gasteiger charge is 2.37. The summed E-state index contributed by atoms with van der Waals surface area (Å²) in [7, 11) is -3.56. The van der Waals surface area contributed by atoms with Crippen molar-refractivity contribution in [1.29, 1.82) is 0 Å². The monoisotopic (exact) mass is 455 g/mol. The lowest BCUT2D eigenvalue weighted by molar-refractivity contribution is -0.150. The molecule has 1 amide bonds. The summed E-state index contributed by atoms with van der Waals surface area (Å²) in [5.74, 6) is 0.176. The number of morpholine rings is 1. The first-order chi connectivity index (χ1) is 14.4. The third kappa shape index (κ3) is 5.16. The van der Waals surface area contributed by atoms with Crippen LogP contribution in [0.1, 0.15) is 38.5 Å². The van der Waals surface area contributed by atoms with Gasteiger partial charge in [0.25, 0.3) is 0 Å². The number of halogens is 1. The average Bonchev–Trinajstić information content (AvgIpc) is 2.75. The van der Waals surface area contributed by atoms with Gasteiger partial charge in [-0.25, -0.2) is 13.1 Å². The Morgan fingerprint density at radius 2 is 1.77 bits per heavy atom. The van der Waals surface area contributed by atoms with Gasteiger partial charge in [-0.15, -0.1) is 0 Å². The van der Waals surface area contributed by atoms with E-state index in [1.807, 2.05) is 4.90 Å². The number of rotatable bonds is 5. The van der Waals surface area contributed by atoms with Gasteiger partial charge in [-0.2, -0.15) is 0 Å². The van der Waals surface area contributed by atoms with E-state index in [9.17, 15) is 13.2 Å². The molecule has 1 aromatic carbocycles. The van der Waals surface area contributed by atoms with Crippen LogP contribution in [0.15, 0.2) is 29.2 Å². The van der Waals surface area contributed by atoms with E-state index in [4.69, 9.17) is 16.3 Å². The predicted molar refractivity (Wildman–Crippen MR) is 115 cm³/mol. The van der Waals surface area contributed by atoms with Crippen LogP contribution in [0, 0.1) is 0 Å². The Bertz CT molecular complexity index is 838. The number of hydrogen-bond donors (Lipinski definition) is 1. The summed E-state index contributed by atoms with van der Waals surface area (Å²) in [6.07, 6.45) is 6.00. The zero-order valence-electron chi connectivity index (χ0n) is 17.1. The number of nitrogens with zero attached hydrogens (tertiary/aromatic N) is 2. The molecule has 2 atom stereocenters. The van der Waals surface area contributed by atoms with Crippen molar-refractivity contribution in [3.05, 3.63) is 29.3 Å². The Balaban J connectivity index is 1.27. The molecule has 0 spiro atoms. The summed E-state index contributed by atoms with van der Waals surface area (Å²) in [4.78, 5) is 17.3. The number of piperidine rings is 1. The second kappa shape index (κ2) is 9.53. The van der Waals surface area contributed by atoms with Crippen molar-refractivity contribution < 1.29 is 17.9 Å². The summed E-state index contributed by atoms with van der Waals surface area (Å²) in [6.45, 7) is 3.12. The van der Waals surface area contributed by atoms with Crippen LogP contribution in [0.2, 0.25) is 5.02 Å². The fourth-order valence-corrected chi connectivity index (χ4v) is 6.23. The van der Waals surface area contributed by atoms with Crippen LogP contribution in [0.25, 0.3) is 0 Å². The average molecular weight is 456 g/mol. The maximum atomic E-state index is 13.0. The maximum Gasteiger partial charge on any atom is 0.240 e. The molecule has 1 saturated carbocycles. The molecule has 0 bridgehead atoms. The minimum Gasteiger partial charge on any atom is -0.374 e. The number of carbonyl (C=O) groups excluding carboxylic acids is 1. The first kappa shape index (κ1) is 22.0. The third-order valence-electron chi connectivity index (χ3n) is 6.44. The van der Waals surface area contributed by atoms with Gasteiger partial charge >= 0.3 is 0 Å². The van der Waals surface area contributed by atoms with Gasteiger partial charge in [-0.05, 0) is 49.9 Å². The molecule has 1 N–H and O–H groups in total. The zero-order valence-corrected chi connectivity index (χ0v) is 18.7. The second-order valence-corrected chi connectivity index (χ2v) is 10.6. The van der Waals surface area contributed by atoms with Crippen molar-refractivity contribution in [2.45, 2.75) is 61.6 Å². The van der Waals surface area contributed by atoms with E-state index < -0.39 is 10.0 Å². The van der Waals surface area contributed by atoms with Crippen molar-refractivity contribution in [2.75, 3.05) is 32.8 Å². The van der Waals surface area contributed by atoms with E-state index in [2.05, 4.69) is 9.62 Å². The second-order valence-electron chi connectivity index (χ2n) is 8.47. The molecule has 2 heterocycles. The van der Waals surface area contributed by atoms with Gasteiger partial charge in [0.2, 0.25) is 15.9 Å². The SMILES string of the molecule is O=C(CN1CCC(NS(=O)(=O)c2ccc(Cl)cc2)CC1)N1CCOC2CCCCC21. The number of fused-ring (bicyclic) bond motifs is 1. The molecule has 4 rings (SSSR count). The van der Waals surface area contributed by atoms with Gasteiger partial charge in [0, 0.05) is 30.7 Å². The van der Waals surface area contributed by atoms with Crippen LogP contribution in [-0.2, 0) is 19.6 Å². The number of benzene rings is 1. The number of nitrogens with one attached hydrogen (secondary N) is 1. The Morgan fingerprint density at radius 1 is 1.07 bits per heavy atom. The maximum absolute atomic E-state index is 13.0. The van der Waals surface area contributed by atoms with Gasteiger partial charge in [0.05, 0.1) is 30.2 Å². The highest BCUT2D eigenvalue weighted by molar-refractivity contribution is 7.89. The zero-order chi connectivity index (χ0) is 21.1. The molecule has 2 saturated heterocycles. The Labute approximate surface area is 183 Å². The van der Waals surface area contributed by atoms with E-state index >= 15 is 0 Å². The molecule has 2 unspecified atom stereocenters. The minimum absolute atomic E-state index is 0.122. The summed E-state index contributed by atoms with van der Waals surface area (Å²) in [5.41, 5.74) is 0. The quantitative estimate of drug-likeness (QED) is 0.736. The van der Waals surface area contributed by atoms with Crippen molar-refractivity contribution in [1.82, 2.24) is 14.5 Å². The first-order valence-corrected chi connectivity index (χ1v) is 12.7. The van der Waals surface area contributed by atoms with Crippen LogP contribution < -0.4 is 4.72 Å². The van der Waals surface area contributed by atoms with E-state index in [1.165, 1.54) is 18.6 Å². The number of carbonyl (C=O) groups is 1. The molecule has 166 valence electrons. The largest absolute Gasteiger partial charge is 0.374 e. The molecule has 0 radical (unpaired) electrons. The molecule has 2 aliphatic heterocycles. The highest BCUT2D eigenvalue weighted by Crippen LogP contribution is 2.28. The lowest BCUT2D eigenvalue weighted by Gasteiger charge is -2.44. The number of likely N-dealkylation sites (tertiary alicyclic amines) is 1. The Morgan fingerprint density at radius 3 is 2.50 bits per heavy atom. The molecule has 1 aromatic rings. The molecule has 30 heavy (non-hydrogen) atoms. The van der Waals surface area contributed by atoms with Crippen molar-refractivity contribution in [2.24, 2.45) is 0 Å². The Kier molecular flexibility index (Phi) is 6.99. The fourth-order valence-electron chi connectivity index (χ4n) is 4.80. The topological polar surface area (TPSA) is 79.0 Å². The molecule has 0 aromatic heterocycles. The molecule has 3 fully saturated rings. The summed E-state index contributed by atoms with van der Waals surface area (Å²) >= 11 is 5.85. The number of hydrogen-bond acceptors (Lipinski definition) is 5. The van der Waals surface area contributed by atoms with Gasteiger partial charge < -0.3 is 9.64 Å². The Hall–Kier alpha value is -1.19. The third-order valence-corrected chi connectivity index (χ3v) is 8.23. The van der Waals surface area contributed by atoms with E-state index in [0.29, 0.717) is 50.7 Å². The molecular weight excluding hydrogens is 426 g/mol. The standard InChI is InChI=1S/C21H30ClN3O4S/c22-16-5-7-18(8-6-16)30(27,28)23-17-9-11-24(12-10-17)15-21(26)25-13-14-29-20-4-2-1-3-19(20)25/h5-8,17,19-20,23H,1-4,9-15H2. The molecular formula is C21H30ClN3O4S. The molecule has 7 nitrogen and oxygen atoms in total. The van der Waals surface area contributed by atoms with Crippen LogP contribution in [-0.4, -0.2) is 75.1 Å². The fraction of sp³-hybridized carbons (Fsp3) is 0.667. The summed E-state index contributed by atoms with van der Waals surface area (Å²) < 4.78 is 33.8. The normalized spacial score (nSPS) is 26.4. The number of ether oxygens (including phenoxy) is 1. The number of sulfonamides is 1. The molecule has 3 aliphatic rings. The van der Waals surface area contributed by atoms with Crippen LogP contribution in [0.4, 0.5) is 0 Å². The molecule has 9 heteroatoms. The summed E-state index contributed by atoms with van der Waals surface area (Å²) in [5, 5.41) is 0.506. The molecule has 1 aliphatic carbocycles. The lowest BCUT2D eigenvalue weighted by Crippen LogP contribution is -2.57. The van der Waals surface area contributed by atoms with Crippen molar-refractivity contribution >= 4 is 27.5 Å². The van der Waals surface area contributed by atoms with Gasteiger partial charge in [-0.3, -0.25) is 9.69 Å².